The van der Waals surface area contributed by atoms with E-state index in [0.29, 0.717) is 5.92 Å². The van der Waals surface area contributed by atoms with Crippen LogP contribution in [0.15, 0.2) is 18.3 Å². The molecule has 0 amide bonds. The minimum Gasteiger partial charge on any atom is -0.303 e. The van der Waals surface area contributed by atoms with Gasteiger partial charge in [-0.2, -0.15) is 26.3 Å². The number of hydrogen-bond acceptors (Lipinski definition) is 1. The van der Waals surface area contributed by atoms with E-state index in [9.17, 15) is 26.3 Å². The number of hydrogen-bond donors (Lipinski definition) is 0. The third-order valence-electron chi connectivity index (χ3n) is 4.25. The first-order valence-electron chi connectivity index (χ1n) is 7.25. The van der Waals surface area contributed by atoms with Gasteiger partial charge in [-0.1, -0.05) is 19.4 Å². The average molecular weight is 336 g/mol. The molecule has 2 nitrogen and oxygen atoms in total. The molecule has 0 aliphatic heterocycles. The van der Waals surface area contributed by atoms with Gasteiger partial charge in [-0.15, -0.1) is 0 Å². The molecular weight excluding hydrogens is 322 g/mol. The lowest BCUT2D eigenvalue weighted by Crippen LogP contribution is -2.18. The predicted octanol–water partition coefficient (Wildman–Crippen LogP) is 4.97. The van der Waals surface area contributed by atoms with Gasteiger partial charge in [-0.25, -0.2) is 4.98 Å². The van der Waals surface area contributed by atoms with Gasteiger partial charge in [0.25, 0.3) is 0 Å². The molecule has 0 N–H and O–H groups in total. The normalized spacial score (nSPS) is 21.9. The molecule has 126 valence electrons. The number of nitrogens with zero attached hydrogens (tertiary/aromatic N) is 2. The minimum absolute atomic E-state index is 0.117. The van der Waals surface area contributed by atoms with Crippen LogP contribution in [-0.4, -0.2) is 15.6 Å². The highest BCUT2D eigenvalue weighted by Crippen LogP contribution is 2.49. The highest BCUT2D eigenvalue weighted by molar-refractivity contribution is 5.47. The zero-order valence-corrected chi connectivity index (χ0v) is 12.2. The summed E-state index contributed by atoms with van der Waals surface area (Å²) in [6, 6.07) is 3.01. The molecule has 2 aromatic heterocycles. The maximum absolute atomic E-state index is 13.0. The molecule has 0 unspecified atom stereocenters. The lowest BCUT2D eigenvalue weighted by atomic mass is 10.1. The van der Waals surface area contributed by atoms with Gasteiger partial charge < -0.3 is 4.40 Å². The van der Waals surface area contributed by atoms with Gasteiger partial charge in [0.05, 0.1) is 12.1 Å². The maximum Gasteiger partial charge on any atom is 0.435 e. The van der Waals surface area contributed by atoms with Crippen LogP contribution < -0.4 is 0 Å². The molecule has 1 aliphatic carbocycles. The first-order valence-corrected chi connectivity index (χ1v) is 7.25. The summed E-state index contributed by atoms with van der Waals surface area (Å²) in [5, 5.41) is 0. The topological polar surface area (TPSA) is 17.3 Å². The Balaban J connectivity index is 2.11. The van der Waals surface area contributed by atoms with Gasteiger partial charge in [-0.3, -0.25) is 0 Å². The zero-order chi connectivity index (χ0) is 17.0. The van der Waals surface area contributed by atoms with Crippen LogP contribution in [0.5, 0.6) is 0 Å². The molecule has 23 heavy (non-hydrogen) atoms. The lowest BCUT2D eigenvalue weighted by molar-refractivity contribution is -0.146. The molecule has 0 bridgehead atoms. The van der Waals surface area contributed by atoms with Crippen LogP contribution in [-0.2, 0) is 12.6 Å². The van der Waals surface area contributed by atoms with Crippen LogP contribution in [0.1, 0.15) is 42.6 Å². The SMILES string of the molecule is CC[C@H]1C[C@@H]1c1ccc2nc(C(F)(F)F)c(CC(F)(F)F)n2c1. The number of pyridine rings is 1. The van der Waals surface area contributed by atoms with Crippen molar-refractivity contribution < 1.29 is 26.3 Å². The van der Waals surface area contributed by atoms with Crippen LogP contribution in [0.2, 0.25) is 0 Å². The van der Waals surface area contributed by atoms with E-state index in [2.05, 4.69) is 4.98 Å². The molecule has 0 spiro atoms. The molecule has 2 heterocycles. The Labute approximate surface area is 128 Å². The first kappa shape index (κ1) is 16.1. The van der Waals surface area contributed by atoms with Crippen molar-refractivity contribution in [2.75, 3.05) is 0 Å². The quantitative estimate of drug-likeness (QED) is 0.723. The molecule has 1 aliphatic rings. The summed E-state index contributed by atoms with van der Waals surface area (Å²) in [6.07, 6.45) is -8.09. The van der Waals surface area contributed by atoms with E-state index in [1.807, 2.05) is 6.92 Å². The summed E-state index contributed by atoms with van der Waals surface area (Å²) < 4.78 is 78.0. The predicted molar refractivity (Wildman–Crippen MR) is 71.1 cm³/mol. The summed E-state index contributed by atoms with van der Waals surface area (Å²) in [4.78, 5) is 3.37. The van der Waals surface area contributed by atoms with Crippen molar-refractivity contribution in [3.05, 3.63) is 35.3 Å². The molecule has 2 aromatic rings. The van der Waals surface area contributed by atoms with E-state index in [1.165, 1.54) is 12.3 Å². The molecule has 1 fully saturated rings. The first-order chi connectivity index (χ1) is 10.6. The molecular formula is C15H14F6N2. The van der Waals surface area contributed by atoms with E-state index < -0.39 is 30.2 Å². The Hall–Kier alpha value is -1.73. The standard InChI is InChI=1S/C15H14F6N2/c1-2-8-5-10(8)9-3-4-12-22-13(15(19,20)21)11(23(12)7-9)6-14(16,17)18/h3-4,7-8,10H,2,5-6H2,1H3/t8-,10-/m0/s1. The van der Waals surface area contributed by atoms with E-state index >= 15 is 0 Å². The van der Waals surface area contributed by atoms with Crippen molar-refractivity contribution >= 4 is 5.65 Å². The Bertz CT molecular complexity index is 728. The number of rotatable bonds is 3. The molecule has 2 atom stereocenters. The van der Waals surface area contributed by atoms with Crippen molar-refractivity contribution in [2.24, 2.45) is 5.92 Å². The van der Waals surface area contributed by atoms with Crippen molar-refractivity contribution in [3.63, 3.8) is 0 Å². The Morgan fingerprint density at radius 3 is 2.39 bits per heavy atom. The summed E-state index contributed by atoms with van der Waals surface area (Å²) in [7, 11) is 0. The number of aromatic nitrogens is 2. The smallest absolute Gasteiger partial charge is 0.303 e. The fraction of sp³-hybridized carbons (Fsp3) is 0.533. The van der Waals surface area contributed by atoms with Crippen LogP contribution in [0.25, 0.3) is 5.65 Å². The monoisotopic (exact) mass is 336 g/mol. The summed E-state index contributed by atoms with van der Waals surface area (Å²) in [5.41, 5.74) is -1.67. The highest BCUT2D eigenvalue weighted by atomic mass is 19.4. The van der Waals surface area contributed by atoms with E-state index in [0.717, 1.165) is 22.8 Å². The lowest BCUT2D eigenvalue weighted by Gasteiger charge is -2.11. The van der Waals surface area contributed by atoms with Crippen LogP contribution in [0.3, 0.4) is 0 Å². The maximum atomic E-state index is 13.0. The van der Waals surface area contributed by atoms with E-state index in [1.54, 1.807) is 6.07 Å². The van der Waals surface area contributed by atoms with Gasteiger partial charge in [-0.05, 0) is 29.9 Å². The van der Waals surface area contributed by atoms with Gasteiger partial charge in [0.1, 0.15) is 5.65 Å². The van der Waals surface area contributed by atoms with Crippen LogP contribution >= 0.6 is 0 Å². The van der Waals surface area contributed by atoms with Crippen molar-refractivity contribution in [1.29, 1.82) is 0 Å². The van der Waals surface area contributed by atoms with Crippen LogP contribution in [0.4, 0.5) is 26.3 Å². The molecule has 0 aromatic carbocycles. The second kappa shape index (κ2) is 5.14. The average Bonchev–Trinajstić information content (AvgIpc) is 3.12. The molecule has 3 rings (SSSR count). The number of imidazole rings is 1. The highest BCUT2D eigenvalue weighted by Gasteiger charge is 2.42. The van der Waals surface area contributed by atoms with Crippen LogP contribution in [0, 0.1) is 5.92 Å². The fourth-order valence-electron chi connectivity index (χ4n) is 3.02. The van der Waals surface area contributed by atoms with E-state index in [4.69, 9.17) is 0 Å². The Kier molecular flexibility index (Phi) is 3.61. The van der Waals surface area contributed by atoms with Crippen molar-refractivity contribution in [3.8, 4) is 0 Å². The third-order valence-corrected chi connectivity index (χ3v) is 4.25. The van der Waals surface area contributed by atoms with Gasteiger partial charge in [0.2, 0.25) is 0 Å². The second-order valence-electron chi connectivity index (χ2n) is 5.90. The number of alkyl halides is 6. The number of halogens is 6. The van der Waals surface area contributed by atoms with E-state index in [-0.39, 0.29) is 11.6 Å². The summed E-state index contributed by atoms with van der Waals surface area (Å²) in [6.45, 7) is 2.01. The van der Waals surface area contributed by atoms with Gasteiger partial charge in [0.15, 0.2) is 5.69 Å². The van der Waals surface area contributed by atoms with Gasteiger partial charge in [0, 0.05) is 6.20 Å². The van der Waals surface area contributed by atoms with Crippen molar-refractivity contribution in [2.45, 2.75) is 44.5 Å². The molecule has 1 saturated carbocycles. The Morgan fingerprint density at radius 1 is 1.17 bits per heavy atom. The largest absolute Gasteiger partial charge is 0.435 e. The van der Waals surface area contributed by atoms with Crippen molar-refractivity contribution in [1.82, 2.24) is 9.38 Å². The number of fused-ring (bicyclic) bond motifs is 1. The molecule has 0 radical (unpaired) electrons. The molecule has 8 heteroatoms. The summed E-state index contributed by atoms with van der Waals surface area (Å²) >= 11 is 0. The fourth-order valence-corrected chi connectivity index (χ4v) is 3.02. The zero-order valence-electron chi connectivity index (χ0n) is 12.2. The second-order valence-corrected chi connectivity index (χ2v) is 5.90. The molecule has 0 saturated heterocycles. The third kappa shape index (κ3) is 3.16. The summed E-state index contributed by atoms with van der Waals surface area (Å²) in [5.74, 6) is 0.656. The minimum atomic E-state index is -4.92. The Morgan fingerprint density at radius 2 is 1.87 bits per heavy atom. The van der Waals surface area contributed by atoms with Gasteiger partial charge >= 0.3 is 12.4 Å².